The van der Waals surface area contributed by atoms with Gasteiger partial charge in [0.2, 0.25) is 18.6 Å². The van der Waals surface area contributed by atoms with Crippen LogP contribution in [-0.2, 0) is 15.8 Å². The Balaban J connectivity index is 1.46. The molecule has 0 saturated carbocycles. The Kier molecular flexibility index (Phi) is 4.37. The molecule has 6 nitrogen and oxygen atoms in total. The molecular weight excluding hydrogens is 377 g/mol. The molecule has 9 heteroatoms. The topological polar surface area (TPSA) is 67.9 Å². The van der Waals surface area contributed by atoms with Gasteiger partial charge in [0.05, 0.1) is 11.5 Å². The van der Waals surface area contributed by atoms with E-state index in [4.69, 9.17) is 9.47 Å². The molecule has 1 N–H and O–H groups in total. The fourth-order valence-electron chi connectivity index (χ4n) is 3.20. The Bertz CT molecular complexity index is 945. The second kappa shape index (κ2) is 6.74. The molecule has 2 heterocycles. The molecule has 1 atom stereocenters. The molecule has 2 aromatic rings. The molecule has 2 aliphatic rings. The zero-order chi connectivity index (χ0) is 19.9. The van der Waals surface area contributed by atoms with Crippen molar-refractivity contribution in [3.63, 3.8) is 0 Å². The van der Waals surface area contributed by atoms with E-state index in [1.54, 1.807) is 18.2 Å². The van der Waals surface area contributed by atoms with Crippen molar-refractivity contribution in [1.82, 2.24) is 0 Å². The molecule has 0 bridgehead atoms. The molecule has 2 aliphatic heterocycles. The second-order valence-electron chi connectivity index (χ2n) is 6.51. The van der Waals surface area contributed by atoms with Crippen LogP contribution in [0.1, 0.15) is 12.0 Å². The molecule has 0 spiro atoms. The van der Waals surface area contributed by atoms with Crippen molar-refractivity contribution >= 4 is 23.2 Å². The van der Waals surface area contributed by atoms with Crippen molar-refractivity contribution in [2.45, 2.75) is 12.6 Å². The molecule has 146 valence electrons. The molecule has 4 rings (SSSR count). The lowest BCUT2D eigenvalue weighted by molar-refractivity contribution is -0.137. The third kappa shape index (κ3) is 3.47. The molecule has 28 heavy (non-hydrogen) atoms. The number of hydrogen-bond acceptors (Lipinski definition) is 4. The van der Waals surface area contributed by atoms with E-state index in [2.05, 4.69) is 5.32 Å². The van der Waals surface area contributed by atoms with Crippen molar-refractivity contribution in [1.29, 1.82) is 0 Å². The number of hydrogen-bond donors (Lipinski definition) is 1. The van der Waals surface area contributed by atoms with Crippen LogP contribution in [0.5, 0.6) is 11.5 Å². The summed E-state index contributed by atoms with van der Waals surface area (Å²) in [6.45, 7) is 0.234. The molecule has 0 aliphatic carbocycles. The molecule has 1 unspecified atom stereocenters. The smallest absolute Gasteiger partial charge is 0.416 e. The highest BCUT2D eigenvalue weighted by Crippen LogP contribution is 2.37. The van der Waals surface area contributed by atoms with Gasteiger partial charge in [-0.1, -0.05) is 6.07 Å². The fraction of sp³-hybridized carbons (Fsp3) is 0.263. The van der Waals surface area contributed by atoms with Gasteiger partial charge in [0.15, 0.2) is 11.5 Å². The van der Waals surface area contributed by atoms with E-state index in [1.165, 1.54) is 17.0 Å². The number of benzene rings is 2. The number of nitrogens with one attached hydrogen (secondary N) is 1. The summed E-state index contributed by atoms with van der Waals surface area (Å²) in [6, 6.07) is 9.42. The molecule has 2 aromatic carbocycles. The first-order chi connectivity index (χ1) is 13.3. The predicted molar refractivity (Wildman–Crippen MR) is 93.1 cm³/mol. The summed E-state index contributed by atoms with van der Waals surface area (Å²) in [4.78, 5) is 26.3. The van der Waals surface area contributed by atoms with E-state index in [-0.39, 0.29) is 31.4 Å². The van der Waals surface area contributed by atoms with Crippen molar-refractivity contribution < 1.29 is 32.2 Å². The number of rotatable bonds is 3. The minimum atomic E-state index is -4.50. The van der Waals surface area contributed by atoms with Crippen molar-refractivity contribution in [3.8, 4) is 11.5 Å². The van der Waals surface area contributed by atoms with Gasteiger partial charge < -0.3 is 19.7 Å². The molecule has 1 fully saturated rings. The van der Waals surface area contributed by atoms with Crippen LogP contribution in [0.3, 0.4) is 0 Å². The summed E-state index contributed by atoms with van der Waals surface area (Å²) in [5, 5.41) is 2.47. The average Bonchev–Trinajstić information content (AvgIpc) is 3.27. The van der Waals surface area contributed by atoms with Crippen LogP contribution in [0.2, 0.25) is 0 Å². The summed E-state index contributed by atoms with van der Waals surface area (Å²) in [6.07, 6.45) is -4.53. The van der Waals surface area contributed by atoms with Crippen LogP contribution in [-0.4, -0.2) is 25.2 Å². The lowest BCUT2D eigenvalue weighted by Gasteiger charge is -2.17. The van der Waals surface area contributed by atoms with E-state index in [1.807, 2.05) is 0 Å². The van der Waals surface area contributed by atoms with Gasteiger partial charge in [-0.15, -0.1) is 0 Å². The lowest BCUT2D eigenvalue weighted by Crippen LogP contribution is -2.28. The van der Waals surface area contributed by atoms with E-state index in [0.717, 1.165) is 12.1 Å². The molecular formula is C19H15F3N2O4. The molecule has 0 aromatic heterocycles. The summed E-state index contributed by atoms with van der Waals surface area (Å²) >= 11 is 0. The predicted octanol–water partition coefficient (Wildman–Crippen LogP) is 3.43. The highest BCUT2D eigenvalue weighted by atomic mass is 19.4. The van der Waals surface area contributed by atoms with Gasteiger partial charge >= 0.3 is 6.18 Å². The number of halogens is 3. The van der Waals surface area contributed by atoms with Gasteiger partial charge in [-0.3, -0.25) is 9.59 Å². The number of ether oxygens (including phenoxy) is 2. The molecule has 2 amide bonds. The van der Waals surface area contributed by atoms with Crippen LogP contribution in [0, 0.1) is 5.92 Å². The van der Waals surface area contributed by atoms with Gasteiger partial charge in [-0.05, 0) is 30.3 Å². The van der Waals surface area contributed by atoms with Crippen LogP contribution >= 0.6 is 0 Å². The van der Waals surface area contributed by atoms with E-state index >= 15 is 0 Å². The SMILES string of the molecule is O=C(Nc1cccc(C(F)(F)F)c1)C1CC(=O)N(c2ccc3c(c2)OCO3)C1. The Hall–Kier alpha value is -3.23. The van der Waals surface area contributed by atoms with Crippen molar-refractivity contribution in [2.24, 2.45) is 5.92 Å². The van der Waals surface area contributed by atoms with Gasteiger partial charge in [0.25, 0.3) is 0 Å². The van der Waals surface area contributed by atoms with Gasteiger partial charge in [-0.25, -0.2) is 0 Å². The third-order valence-corrected chi connectivity index (χ3v) is 4.62. The number of nitrogens with zero attached hydrogens (tertiary/aromatic N) is 1. The number of amides is 2. The third-order valence-electron chi connectivity index (χ3n) is 4.62. The van der Waals surface area contributed by atoms with Crippen molar-refractivity contribution in [2.75, 3.05) is 23.6 Å². The summed E-state index contributed by atoms with van der Waals surface area (Å²) in [5.41, 5.74) is -0.243. The minimum Gasteiger partial charge on any atom is -0.454 e. The standard InChI is InChI=1S/C19H15F3N2O4/c20-19(21,22)12-2-1-3-13(7-12)23-18(26)11-6-17(25)24(9-11)14-4-5-15-16(8-14)28-10-27-15/h1-5,7-8,11H,6,9-10H2,(H,23,26). The summed E-state index contributed by atoms with van der Waals surface area (Å²) < 4.78 is 49.0. The van der Waals surface area contributed by atoms with E-state index < -0.39 is 23.6 Å². The number of anilines is 2. The van der Waals surface area contributed by atoms with Crippen LogP contribution in [0.25, 0.3) is 0 Å². The highest BCUT2D eigenvalue weighted by molar-refractivity contribution is 6.03. The molecule has 0 radical (unpaired) electrons. The normalized spacial score (nSPS) is 18.5. The quantitative estimate of drug-likeness (QED) is 0.869. The number of carbonyl (C=O) groups is 2. The number of alkyl halides is 3. The monoisotopic (exact) mass is 392 g/mol. The maximum Gasteiger partial charge on any atom is 0.416 e. The zero-order valence-corrected chi connectivity index (χ0v) is 14.5. The Morgan fingerprint density at radius 2 is 1.89 bits per heavy atom. The zero-order valence-electron chi connectivity index (χ0n) is 14.5. The minimum absolute atomic E-state index is 0.0285. The summed E-state index contributed by atoms with van der Waals surface area (Å²) in [7, 11) is 0. The first-order valence-corrected chi connectivity index (χ1v) is 8.49. The average molecular weight is 392 g/mol. The lowest BCUT2D eigenvalue weighted by atomic mass is 10.1. The number of carbonyl (C=O) groups excluding carboxylic acids is 2. The fourth-order valence-corrected chi connectivity index (χ4v) is 3.20. The highest BCUT2D eigenvalue weighted by Gasteiger charge is 2.36. The Labute approximate surface area is 157 Å². The summed E-state index contributed by atoms with van der Waals surface area (Å²) in [5.74, 6) is -0.331. The van der Waals surface area contributed by atoms with Crippen LogP contribution < -0.4 is 19.7 Å². The van der Waals surface area contributed by atoms with Gasteiger partial charge in [0, 0.05) is 30.4 Å². The molecule has 1 saturated heterocycles. The largest absolute Gasteiger partial charge is 0.454 e. The maximum absolute atomic E-state index is 12.8. The second-order valence-corrected chi connectivity index (χ2v) is 6.51. The van der Waals surface area contributed by atoms with Crippen LogP contribution in [0.15, 0.2) is 42.5 Å². The number of fused-ring (bicyclic) bond motifs is 1. The first kappa shape index (κ1) is 18.1. The van der Waals surface area contributed by atoms with Crippen LogP contribution in [0.4, 0.5) is 24.5 Å². The first-order valence-electron chi connectivity index (χ1n) is 8.49. The maximum atomic E-state index is 12.8. The van der Waals surface area contributed by atoms with E-state index in [9.17, 15) is 22.8 Å². The Morgan fingerprint density at radius 3 is 2.68 bits per heavy atom. The van der Waals surface area contributed by atoms with Gasteiger partial charge in [-0.2, -0.15) is 13.2 Å². The Morgan fingerprint density at radius 1 is 1.11 bits per heavy atom. The van der Waals surface area contributed by atoms with Gasteiger partial charge in [0.1, 0.15) is 0 Å². The van der Waals surface area contributed by atoms with Crippen molar-refractivity contribution in [3.05, 3.63) is 48.0 Å². The van der Waals surface area contributed by atoms with E-state index in [0.29, 0.717) is 17.2 Å².